The van der Waals surface area contributed by atoms with Gasteiger partial charge in [-0.3, -0.25) is 9.20 Å². The van der Waals surface area contributed by atoms with Crippen LogP contribution in [0, 0.1) is 18.3 Å². The first-order chi connectivity index (χ1) is 12.6. The van der Waals surface area contributed by atoms with Gasteiger partial charge >= 0.3 is 0 Å². The summed E-state index contributed by atoms with van der Waals surface area (Å²) in [6.07, 6.45) is 5.13. The molecule has 0 bridgehead atoms. The lowest BCUT2D eigenvalue weighted by atomic mass is 9.98. The smallest absolute Gasteiger partial charge is 0.248 e. The molecule has 0 saturated heterocycles. The van der Waals surface area contributed by atoms with Gasteiger partial charge in [-0.1, -0.05) is 12.1 Å². The van der Waals surface area contributed by atoms with Gasteiger partial charge in [0.2, 0.25) is 11.3 Å². The molecule has 128 valence electrons. The molecule has 7 heteroatoms. The van der Waals surface area contributed by atoms with E-state index in [1.54, 1.807) is 24.7 Å². The van der Waals surface area contributed by atoms with Crippen molar-refractivity contribution in [2.24, 2.45) is 0 Å². The number of hydrogen-bond donors (Lipinski definition) is 2. The Morgan fingerprint density at radius 1 is 1.38 bits per heavy atom. The van der Waals surface area contributed by atoms with Crippen LogP contribution >= 0.6 is 0 Å². The van der Waals surface area contributed by atoms with E-state index in [-0.39, 0.29) is 11.6 Å². The van der Waals surface area contributed by atoms with Gasteiger partial charge in [0, 0.05) is 30.0 Å². The van der Waals surface area contributed by atoms with Crippen LogP contribution in [0.3, 0.4) is 0 Å². The summed E-state index contributed by atoms with van der Waals surface area (Å²) in [5, 5.41) is 13.3. The van der Waals surface area contributed by atoms with E-state index in [9.17, 15) is 10.1 Å². The number of benzene rings is 1. The molecule has 7 nitrogen and oxygen atoms in total. The highest BCUT2D eigenvalue weighted by atomic mass is 16.1. The SMILES string of the molecule is Cc1c(C#N)cccc1C(C)Nc1nc2nccn2c2c[nH]c(=O)cc12. The van der Waals surface area contributed by atoms with Crippen molar-refractivity contribution in [2.45, 2.75) is 19.9 Å². The largest absolute Gasteiger partial charge is 0.363 e. The highest BCUT2D eigenvalue weighted by molar-refractivity contribution is 5.90. The average Bonchev–Trinajstić information content (AvgIpc) is 3.10. The number of nitriles is 1. The number of rotatable bonds is 3. The minimum atomic E-state index is -0.197. The van der Waals surface area contributed by atoms with Gasteiger partial charge in [0.25, 0.3) is 0 Å². The number of H-pyrrole nitrogens is 1. The molecule has 0 aliphatic heterocycles. The van der Waals surface area contributed by atoms with Crippen molar-refractivity contribution in [1.29, 1.82) is 5.26 Å². The Kier molecular flexibility index (Phi) is 3.66. The maximum absolute atomic E-state index is 11.8. The van der Waals surface area contributed by atoms with E-state index in [1.165, 1.54) is 6.07 Å². The summed E-state index contributed by atoms with van der Waals surface area (Å²) >= 11 is 0. The first-order valence-electron chi connectivity index (χ1n) is 8.20. The van der Waals surface area contributed by atoms with Crippen LogP contribution in [0.2, 0.25) is 0 Å². The zero-order chi connectivity index (χ0) is 18.3. The molecular formula is C19H16N6O. The Morgan fingerprint density at radius 3 is 3.04 bits per heavy atom. The van der Waals surface area contributed by atoms with Crippen molar-refractivity contribution in [1.82, 2.24) is 19.4 Å². The molecule has 0 spiro atoms. The van der Waals surface area contributed by atoms with Gasteiger partial charge in [-0.05, 0) is 31.0 Å². The fourth-order valence-electron chi connectivity index (χ4n) is 3.22. The molecule has 1 unspecified atom stereocenters. The van der Waals surface area contributed by atoms with Crippen molar-refractivity contribution < 1.29 is 0 Å². The lowest BCUT2D eigenvalue weighted by Crippen LogP contribution is -2.13. The predicted octanol–water partition coefficient (Wildman–Crippen LogP) is 2.92. The van der Waals surface area contributed by atoms with Crippen molar-refractivity contribution in [2.75, 3.05) is 5.32 Å². The first-order valence-corrected chi connectivity index (χ1v) is 8.20. The molecule has 0 aliphatic carbocycles. The van der Waals surface area contributed by atoms with E-state index < -0.39 is 0 Å². The molecule has 3 heterocycles. The molecule has 0 fully saturated rings. The number of aromatic nitrogens is 4. The van der Waals surface area contributed by atoms with Crippen LogP contribution in [-0.4, -0.2) is 19.4 Å². The van der Waals surface area contributed by atoms with Crippen LogP contribution in [0.25, 0.3) is 16.7 Å². The molecule has 0 radical (unpaired) electrons. The highest BCUT2D eigenvalue weighted by Crippen LogP contribution is 2.27. The third kappa shape index (κ3) is 2.48. The minimum absolute atomic E-state index is 0.101. The summed E-state index contributed by atoms with van der Waals surface area (Å²) in [7, 11) is 0. The Balaban J connectivity index is 1.85. The van der Waals surface area contributed by atoms with E-state index in [0.29, 0.717) is 22.5 Å². The van der Waals surface area contributed by atoms with Crippen LogP contribution in [0.1, 0.15) is 29.7 Å². The van der Waals surface area contributed by atoms with Gasteiger partial charge in [0.1, 0.15) is 5.82 Å². The monoisotopic (exact) mass is 344 g/mol. The fraction of sp³-hybridized carbons (Fsp3) is 0.158. The molecule has 4 aromatic rings. The van der Waals surface area contributed by atoms with Gasteiger partial charge in [0.15, 0.2) is 0 Å². The minimum Gasteiger partial charge on any atom is -0.363 e. The molecular weight excluding hydrogens is 328 g/mol. The third-order valence-corrected chi connectivity index (χ3v) is 4.57. The van der Waals surface area contributed by atoms with Crippen molar-refractivity contribution in [3.63, 3.8) is 0 Å². The molecule has 0 aliphatic rings. The number of pyridine rings is 1. The van der Waals surface area contributed by atoms with Crippen LogP contribution < -0.4 is 10.9 Å². The normalized spacial score (nSPS) is 12.2. The highest BCUT2D eigenvalue weighted by Gasteiger charge is 2.15. The Morgan fingerprint density at radius 2 is 2.23 bits per heavy atom. The number of nitrogens with zero attached hydrogens (tertiary/aromatic N) is 4. The van der Waals surface area contributed by atoms with Crippen molar-refractivity contribution in [3.05, 3.63) is 69.9 Å². The Hall–Kier alpha value is -3.66. The molecule has 0 amide bonds. The zero-order valence-corrected chi connectivity index (χ0v) is 14.3. The summed E-state index contributed by atoms with van der Waals surface area (Å²) in [6.45, 7) is 3.93. The summed E-state index contributed by atoms with van der Waals surface area (Å²) in [5.41, 5.74) is 3.20. The van der Waals surface area contributed by atoms with Crippen LogP contribution in [-0.2, 0) is 0 Å². The van der Waals surface area contributed by atoms with Gasteiger partial charge in [-0.2, -0.15) is 10.2 Å². The number of aromatic amines is 1. The van der Waals surface area contributed by atoms with Crippen LogP contribution in [0.4, 0.5) is 5.82 Å². The summed E-state index contributed by atoms with van der Waals surface area (Å²) in [5.74, 6) is 1.13. The van der Waals surface area contributed by atoms with E-state index >= 15 is 0 Å². The lowest BCUT2D eigenvalue weighted by Gasteiger charge is -2.19. The van der Waals surface area contributed by atoms with E-state index in [2.05, 4.69) is 26.3 Å². The Labute approximate surface area is 149 Å². The predicted molar refractivity (Wildman–Crippen MR) is 99.0 cm³/mol. The Bertz CT molecular complexity index is 1230. The number of hydrogen-bond acceptors (Lipinski definition) is 5. The second-order valence-corrected chi connectivity index (χ2v) is 6.15. The van der Waals surface area contributed by atoms with Crippen LogP contribution in [0.5, 0.6) is 0 Å². The zero-order valence-electron chi connectivity index (χ0n) is 14.3. The molecule has 1 atom stereocenters. The summed E-state index contributed by atoms with van der Waals surface area (Å²) < 4.78 is 1.82. The molecule has 0 saturated carbocycles. The summed E-state index contributed by atoms with van der Waals surface area (Å²) in [4.78, 5) is 23.3. The van der Waals surface area contributed by atoms with Gasteiger partial charge < -0.3 is 10.3 Å². The van der Waals surface area contributed by atoms with E-state index in [4.69, 9.17) is 0 Å². The lowest BCUT2D eigenvalue weighted by molar-refractivity contribution is 0.865. The summed E-state index contributed by atoms with van der Waals surface area (Å²) in [6, 6.07) is 9.28. The number of imidazole rings is 1. The van der Waals surface area contributed by atoms with Gasteiger partial charge in [-0.25, -0.2) is 4.98 Å². The number of anilines is 1. The molecule has 26 heavy (non-hydrogen) atoms. The quantitative estimate of drug-likeness (QED) is 0.595. The first kappa shape index (κ1) is 15.8. The number of fused-ring (bicyclic) bond motifs is 3. The molecule has 3 aromatic heterocycles. The van der Waals surface area contributed by atoms with E-state index in [1.807, 2.05) is 30.4 Å². The molecule has 4 rings (SSSR count). The number of nitrogens with one attached hydrogen (secondary N) is 2. The third-order valence-electron chi connectivity index (χ3n) is 4.57. The fourth-order valence-corrected chi connectivity index (χ4v) is 3.22. The molecule has 1 aromatic carbocycles. The van der Waals surface area contributed by atoms with Gasteiger partial charge in [-0.15, -0.1) is 0 Å². The maximum atomic E-state index is 11.8. The second-order valence-electron chi connectivity index (χ2n) is 6.15. The van der Waals surface area contributed by atoms with Crippen molar-refractivity contribution >= 4 is 22.5 Å². The maximum Gasteiger partial charge on any atom is 0.248 e. The van der Waals surface area contributed by atoms with Crippen LogP contribution in [0.15, 0.2) is 47.7 Å². The standard InChI is InChI=1S/C19H16N6O/c1-11-13(9-20)4-3-5-14(11)12(2)23-18-15-8-17(26)22-10-16(15)25-7-6-21-19(25)24-18/h3-8,10,12H,1-2H3,(H,22,26)(H,21,23,24). The molecule has 2 N–H and O–H groups in total. The van der Waals surface area contributed by atoms with Gasteiger partial charge in [0.05, 0.1) is 23.2 Å². The second kappa shape index (κ2) is 6.01. The topological polar surface area (TPSA) is 98.9 Å². The van der Waals surface area contributed by atoms with E-state index in [0.717, 1.165) is 16.6 Å². The van der Waals surface area contributed by atoms with Crippen molar-refractivity contribution in [3.8, 4) is 6.07 Å². The average molecular weight is 344 g/mol.